The van der Waals surface area contributed by atoms with Gasteiger partial charge < -0.3 is 11.1 Å². The lowest BCUT2D eigenvalue weighted by Gasteiger charge is -2.08. The molecular formula is C11H10ClN3O2S. The standard InChI is InChI=1S/C11H10ClN3O2S/c12-7-1-2-9(8(13)5-7)14-10(16)6-15-3-4-18-11(15)17/h1-5H,6,13H2,(H,14,16). The summed E-state index contributed by atoms with van der Waals surface area (Å²) in [6, 6.07) is 4.80. The Kier molecular flexibility index (Phi) is 3.69. The van der Waals surface area contributed by atoms with Crippen molar-refractivity contribution in [2.45, 2.75) is 6.54 Å². The number of nitrogens with one attached hydrogen (secondary N) is 1. The molecule has 0 bridgehead atoms. The molecule has 0 saturated carbocycles. The fraction of sp³-hybridized carbons (Fsp3) is 0.0909. The molecule has 2 rings (SSSR count). The Balaban J connectivity index is 2.08. The summed E-state index contributed by atoms with van der Waals surface area (Å²) in [5.74, 6) is -0.315. The van der Waals surface area contributed by atoms with Crippen molar-refractivity contribution >= 4 is 40.2 Å². The number of rotatable bonds is 3. The van der Waals surface area contributed by atoms with Gasteiger partial charge >= 0.3 is 4.87 Å². The van der Waals surface area contributed by atoms with E-state index >= 15 is 0 Å². The van der Waals surface area contributed by atoms with E-state index in [0.717, 1.165) is 11.3 Å². The van der Waals surface area contributed by atoms with Gasteiger partial charge in [-0.3, -0.25) is 14.2 Å². The molecule has 7 heteroatoms. The molecule has 1 heterocycles. The van der Waals surface area contributed by atoms with Crippen molar-refractivity contribution in [3.63, 3.8) is 0 Å². The third-order valence-electron chi connectivity index (χ3n) is 2.25. The Morgan fingerprint density at radius 2 is 2.28 bits per heavy atom. The molecule has 0 fully saturated rings. The van der Waals surface area contributed by atoms with Crippen LogP contribution in [0.2, 0.25) is 5.02 Å². The average Bonchev–Trinajstić information content (AvgIpc) is 2.69. The van der Waals surface area contributed by atoms with Crippen LogP contribution in [-0.2, 0) is 11.3 Å². The predicted molar refractivity (Wildman–Crippen MR) is 73.1 cm³/mol. The first-order valence-electron chi connectivity index (χ1n) is 5.05. The number of benzene rings is 1. The van der Waals surface area contributed by atoms with Gasteiger partial charge in [0.1, 0.15) is 6.54 Å². The van der Waals surface area contributed by atoms with Gasteiger partial charge in [-0.2, -0.15) is 0 Å². The maximum atomic E-state index is 11.7. The highest BCUT2D eigenvalue weighted by molar-refractivity contribution is 7.07. The van der Waals surface area contributed by atoms with E-state index in [0.29, 0.717) is 16.4 Å². The highest BCUT2D eigenvalue weighted by Gasteiger charge is 2.07. The highest BCUT2D eigenvalue weighted by atomic mass is 35.5. The van der Waals surface area contributed by atoms with Crippen molar-refractivity contribution in [1.82, 2.24) is 4.57 Å². The maximum absolute atomic E-state index is 11.7. The van der Waals surface area contributed by atoms with Crippen LogP contribution < -0.4 is 15.9 Å². The number of hydrogen-bond donors (Lipinski definition) is 2. The SMILES string of the molecule is Nc1cc(Cl)ccc1NC(=O)Cn1ccsc1=O. The van der Waals surface area contributed by atoms with E-state index in [-0.39, 0.29) is 17.3 Å². The molecule has 1 amide bonds. The topological polar surface area (TPSA) is 77.1 Å². The molecule has 0 aliphatic heterocycles. The Hall–Kier alpha value is -1.79. The average molecular weight is 284 g/mol. The Labute approximate surface area is 112 Å². The minimum Gasteiger partial charge on any atom is -0.397 e. The molecular weight excluding hydrogens is 274 g/mol. The number of amides is 1. The zero-order chi connectivity index (χ0) is 13.1. The Bertz CT molecular complexity index is 635. The second kappa shape index (κ2) is 5.24. The highest BCUT2D eigenvalue weighted by Crippen LogP contribution is 2.22. The number of nitrogens with two attached hydrogens (primary N) is 1. The second-order valence-corrected chi connectivity index (χ2v) is 4.87. The number of anilines is 2. The molecule has 1 aromatic heterocycles. The molecule has 0 aliphatic carbocycles. The van der Waals surface area contributed by atoms with Gasteiger partial charge in [-0.25, -0.2) is 0 Å². The number of nitrogen functional groups attached to an aromatic ring is 1. The van der Waals surface area contributed by atoms with E-state index in [2.05, 4.69) is 5.32 Å². The molecule has 0 unspecified atom stereocenters. The summed E-state index contributed by atoms with van der Waals surface area (Å²) in [6.07, 6.45) is 1.57. The van der Waals surface area contributed by atoms with Crippen LogP contribution in [0.4, 0.5) is 11.4 Å². The lowest BCUT2D eigenvalue weighted by Crippen LogP contribution is -2.24. The molecule has 94 valence electrons. The number of carbonyl (C=O) groups is 1. The first-order valence-corrected chi connectivity index (χ1v) is 6.31. The lowest BCUT2D eigenvalue weighted by atomic mass is 10.2. The van der Waals surface area contributed by atoms with E-state index < -0.39 is 0 Å². The van der Waals surface area contributed by atoms with Gasteiger partial charge in [0.15, 0.2) is 0 Å². The molecule has 2 aromatic rings. The molecule has 0 saturated heterocycles. The van der Waals surface area contributed by atoms with Gasteiger partial charge in [-0.1, -0.05) is 22.9 Å². The third-order valence-corrected chi connectivity index (χ3v) is 3.17. The summed E-state index contributed by atoms with van der Waals surface area (Å²) in [5.41, 5.74) is 6.57. The molecule has 5 nitrogen and oxygen atoms in total. The van der Waals surface area contributed by atoms with Crippen LogP contribution in [0.15, 0.2) is 34.6 Å². The monoisotopic (exact) mass is 283 g/mol. The summed E-state index contributed by atoms with van der Waals surface area (Å²) in [7, 11) is 0. The number of nitrogens with zero attached hydrogens (tertiary/aromatic N) is 1. The molecule has 0 radical (unpaired) electrons. The van der Waals surface area contributed by atoms with E-state index in [1.54, 1.807) is 29.8 Å². The minimum absolute atomic E-state index is 0.0373. The molecule has 3 N–H and O–H groups in total. The largest absolute Gasteiger partial charge is 0.397 e. The minimum atomic E-state index is -0.315. The van der Waals surface area contributed by atoms with Crippen LogP contribution in [-0.4, -0.2) is 10.5 Å². The van der Waals surface area contributed by atoms with Gasteiger partial charge in [0.25, 0.3) is 0 Å². The quantitative estimate of drug-likeness (QED) is 0.843. The van der Waals surface area contributed by atoms with Crippen molar-refractivity contribution < 1.29 is 4.79 Å². The summed E-state index contributed by atoms with van der Waals surface area (Å²) in [4.78, 5) is 22.8. The van der Waals surface area contributed by atoms with Crippen molar-refractivity contribution in [3.8, 4) is 0 Å². The molecule has 18 heavy (non-hydrogen) atoms. The molecule has 1 aromatic carbocycles. The van der Waals surface area contributed by atoms with E-state index in [4.69, 9.17) is 17.3 Å². The van der Waals surface area contributed by atoms with Crippen LogP contribution in [0, 0.1) is 0 Å². The Morgan fingerprint density at radius 1 is 1.50 bits per heavy atom. The van der Waals surface area contributed by atoms with Crippen molar-refractivity contribution in [2.75, 3.05) is 11.1 Å². The smallest absolute Gasteiger partial charge is 0.307 e. The van der Waals surface area contributed by atoms with E-state index in [1.807, 2.05) is 0 Å². The van der Waals surface area contributed by atoms with Gasteiger partial charge in [-0.15, -0.1) is 0 Å². The van der Waals surface area contributed by atoms with Crippen LogP contribution in [0.1, 0.15) is 0 Å². The molecule has 0 aliphatic rings. The first kappa shape index (κ1) is 12.7. The number of aromatic nitrogens is 1. The molecule has 0 atom stereocenters. The zero-order valence-electron chi connectivity index (χ0n) is 9.22. The summed E-state index contributed by atoms with van der Waals surface area (Å²) in [6.45, 7) is -0.0373. The van der Waals surface area contributed by atoms with Crippen molar-refractivity contribution in [3.05, 3.63) is 44.5 Å². The van der Waals surface area contributed by atoms with Gasteiger partial charge in [-0.05, 0) is 18.2 Å². The lowest BCUT2D eigenvalue weighted by molar-refractivity contribution is -0.116. The predicted octanol–water partition coefficient (Wildman–Crippen LogP) is 1.78. The number of thiazole rings is 1. The van der Waals surface area contributed by atoms with E-state index in [9.17, 15) is 9.59 Å². The fourth-order valence-electron chi connectivity index (χ4n) is 1.40. The maximum Gasteiger partial charge on any atom is 0.307 e. The van der Waals surface area contributed by atoms with Crippen LogP contribution in [0.3, 0.4) is 0 Å². The fourth-order valence-corrected chi connectivity index (χ4v) is 2.17. The van der Waals surface area contributed by atoms with Crippen LogP contribution in [0.5, 0.6) is 0 Å². The van der Waals surface area contributed by atoms with Crippen molar-refractivity contribution in [1.29, 1.82) is 0 Å². The normalized spacial score (nSPS) is 10.3. The van der Waals surface area contributed by atoms with Gasteiger partial charge in [0, 0.05) is 16.6 Å². The van der Waals surface area contributed by atoms with Crippen molar-refractivity contribution in [2.24, 2.45) is 0 Å². The van der Waals surface area contributed by atoms with Gasteiger partial charge in [0.2, 0.25) is 5.91 Å². The number of halogens is 1. The van der Waals surface area contributed by atoms with Crippen LogP contribution >= 0.6 is 22.9 Å². The zero-order valence-corrected chi connectivity index (χ0v) is 10.8. The number of hydrogen-bond acceptors (Lipinski definition) is 4. The van der Waals surface area contributed by atoms with Gasteiger partial charge in [0.05, 0.1) is 11.4 Å². The third kappa shape index (κ3) is 2.91. The summed E-state index contributed by atoms with van der Waals surface area (Å²) >= 11 is 6.80. The Morgan fingerprint density at radius 3 is 2.89 bits per heavy atom. The summed E-state index contributed by atoms with van der Waals surface area (Å²) in [5, 5.41) is 4.76. The van der Waals surface area contributed by atoms with E-state index in [1.165, 1.54) is 4.57 Å². The summed E-state index contributed by atoms with van der Waals surface area (Å²) < 4.78 is 1.33. The second-order valence-electron chi connectivity index (χ2n) is 3.58. The number of carbonyl (C=O) groups excluding carboxylic acids is 1. The molecule has 0 spiro atoms. The first-order chi connectivity index (χ1) is 8.56. The van der Waals surface area contributed by atoms with Crippen LogP contribution in [0.25, 0.3) is 0 Å².